The van der Waals surface area contributed by atoms with Crippen LogP contribution in [0.4, 0.5) is 0 Å². The predicted octanol–water partition coefficient (Wildman–Crippen LogP) is 0.137. The lowest BCUT2D eigenvalue weighted by atomic mass is 9.94. The summed E-state index contributed by atoms with van der Waals surface area (Å²) in [7, 11) is 0. The van der Waals surface area contributed by atoms with Crippen LogP contribution in [0.1, 0.15) is 11.3 Å². The van der Waals surface area contributed by atoms with Crippen LogP contribution in [0, 0.1) is 0 Å². The molecule has 2 aliphatic heterocycles. The van der Waals surface area contributed by atoms with Gasteiger partial charge in [0.2, 0.25) is 5.91 Å². The molecular formula is C14H14N4O2. The Hall–Kier alpha value is -2.34. The molecule has 1 atom stereocenters. The van der Waals surface area contributed by atoms with Crippen molar-refractivity contribution in [2.75, 3.05) is 6.54 Å². The Morgan fingerprint density at radius 2 is 2.00 bits per heavy atom. The number of nitrogens with one attached hydrogen (secondary N) is 1. The molecule has 2 aliphatic rings. The highest BCUT2D eigenvalue weighted by Gasteiger charge is 2.42. The number of hydrazine groups is 1. The second-order valence-corrected chi connectivity index (χ2v) is 5.34. The van der Waals surface area contributed by atoms with E-state index in [1.54, 1.807) is 4.90 Å². The van der Waals surface area contributed by atoms with Crippen molar-refractivity contribution in [3.8, 4) is 0 Å². The Kier molecular flexibility index (Phi) is 2.20. The zero-order valence-electron chi connectivity index (χ0n) is 10.8. The van der Waals surface area contributed by atoms with Crippen LogP contribution in [0.3, 0.4) is 0 Å². The van der Waals surface area contributed by atoms with Crippen molar-refractivity contribution in [2.45, 2.75) is 19.0 Å². The fourth-order valence-electron chi connectivity index (χ4n) is 3.20. The predicted molar refractivity (Wildman–Crippen MR) is 72.2 cm³/mol. The third-order valence-corrected chi connectivity index (χ3v) is 4.20. The molecule has 0 radical (unpaired) electrons. The number of amides is 2. The average Bonchev–Trinajstić information content (AvgIpc) is 2.81. The maximum Gasteiger partial charge on any atom is 0.260 e. The Morgan fingerprint density at radius 3 is 2.85 bits per heavy atom. The van der Waals surface area contributed by atoms with Gasteiger partial charge < -0.3 is 9.88 Å². The second kappa shape index (κ2) is 3.83. The van der Waals surface area contributed by atoms with E-state index in [1.165, 1.54) is 0 Å². The molecule has 0 spiro atoms. The van der Waals surface area contributed by atoms with Gasteiger partial charge in [0.1, 0.15) is 12.6 Å². The zero-order valence-corrected chi connectivity index (χ0v) is 10.8. The maximum absolute atomic E-state index is 12.2. The van der Waals surface area contributed by atoms with Crippen molar-refractivity contribution in [1.29, 1.82) is 0 Å². The molecule has 1 fully saturated rings. The number of nitrogens with two attached hydrogens (primary N) is 1. The number of rotatable bonds is 0. The molecule has 1 aromatic heterocycles. The normalized spacial score (nSPS) is 22.1. The molecule has 3 heterocycles. The minimum absolute atomic E-state index is 0.0368. The minimum atomic E-state index is -0.465. The van der Waals surface area contributed by atoms with Crippen LogP contribution in [0.2, 0.25) is 0 Å². The van der Waals surface area contributed by atoms with E-state index in [9.17, 15) is 9.59 Å². The van der Waals surface area contributed by atoms with Crippen molar-refractivity contribution in [3.05, 3.63) is 35.5 Å². The Bertz CT molecular complexity index is 736. The molecule has 1 saturated heterocycles. The number of H-pyrrole nitrogens is 1. The minimum Gasteiger partial charge on any atom is -0.357 e. The first-order valence-electron chi connectivity index (χ1n) is 6.59. The van der Waals surface area contributed by atoms with Crippen LogP contribution in [0.15, 0.2) is 24.3 Å². The topological polar surface area (TPSA) is 82.4 Å². The Morgan fingerprint density at radius 1 is 1.20 bits per heavy atom. The lowest BCUT2D eigenvalue weighted by Gasteiger charge is -2.40. The number of piperazine rings is 1. The number of hydrogen-bond donors (Lipinski definition) is 2. The number of fused-ring (bicyclic) bond motifs is 4. The smallest absolute Gasteiger partial charge is 0.260 e. The number of hydrogen-bond acceptors (Lipinski definition) is 3. The molecule has 1 aromatic carbocycles. The van der Waals surface area contributed by atoms with Crippen molar-refractivity contribution < 1.29 is 9.59 Å². The molecule has 102 valence electrons. The highest BCUT2D eigenvalue weighted by Crippen LogP contribution is 2.31. The number of aromatic amines is 1. The highest BCUT2D eigenvalue weighted by atomic mass is 16.2. The van der Waals surface area contributed by atoms with Gasteiger partial charge in [-0.15, -0.1) is 0 Å². The van der Waals surface area contributed by atoms with E-state index in [0.29, 0.717) is 13.0 Å². The highest BCUT2D eigenvalue weighted by molar-refractivity contribution is 5.96. The number of carbonyl (C=O) groups excluding carboxylic acids is 2. The summed E-state index contributed by atoms with van der Waals surface area (Å²) in [4.78, 5) is 29.2. The zero-order chi connectivity index (χ0) is 13.9. The number of aromatic nitrogens is 1. The maximum atomic E-state index is 12.2. The molecule has 20 heavy (non-hydrogen) atoms. The Labute approximate surface area is 115 Å². The van der Waals surface area contributed by atoms with Gasteiger partial charge in [0, 0.05) is 23.0 Å². The van der Waals surface area contributed by atoms with Gasteiger partial charge in [-0.05, 0) is 11.6 Å². The van der Waals surface area contributed by atoms with Gasteiger partial charge in [0.15, 0.2) is 0 Å². The molecule has 6 heteroatoms. The monoisotopic (exact) mass is 270 g/mol. The van der Waals surface area contributed by atoms with Crippen molar-refractivity contribution in [2.24, 2.45) is 5.84 Å². The molecule has 1 unspecified atom stereocenters. The summed E-state index contributed by atoms with van der Waals surface area (Å²) in [6.45, 7) is 0.415. The first kappa shape index (κ1) is 11.5. The molecule has 0 bridgehead atoms. The Balaban J connectivity index is 1.84. The average molecular weight is 270 g/mol. The molecular weight excluding hydrogens is 256 g/mol. The molecule has 3 N–H and O–H groups in total. The standard InChI is InChI=1S/C14H14N4O2/c15-18-7-13(19)17-6-11-9(5-12(17)14(18)20)8-3-1-2-4-10(8)16-11/h1-4,12,16H,5-7,15H2. The van der Waals surface area contributed by atoms with Crippen LogP contribution in [0.5, 0.6) is 0 Å². The van der Waals surface area contributed by atoms with Gasteiger partial charge in [-0.25, -0.2) is 5.84 Å². The van der Waals surface area contributed by atoms with E-state index in [2.05, 4.69) is 4.98 Å². The van der Waals surface area contributed by atoms with E-state index < -0.39 is 6.04 Å². The van der Waals surface area contributed by atoms with E-state index in [-0.39, 0.29) is 18.4 Å². The second-order valence-electron chi connectivity index (χ2n) is 5.34. The largest absolute Gasteiger partial charge is 0.357 e. The molecule has 2 amide bonds. The van der Waals surface area contributed by atoms with Gasteiger partial charge in [-0.1, -0.05) is 18.2 Å². The number of carbonyl (C=O) groups is 2. The summed E-state index contributed by atoms with van der Waals surface area (Å²) >= 11 is 0. The number of para-hydroxylation sites is 1. The van der Waals surface area contributed by atoms with E-state index in [4.69, 9.17) is 5.84 Å². The van der Waals surface area contributed by atoms with Gasteiger partial charge in [-0.3, -0.25) is 14.6 Å². The first-order chi connectivity index (χ1) is 9.65. The SMILES string of the molecule is NN1CC(=O)N2Cc3[nH]c4ccccc4c3CC2C1=O. The van der Waals surface area contributed by atoms with Crippen LogP contribution >= 0.6 is 0 Å². The molecule has 6 nitrogen and oxygen atoms in total. The lowest BCUT2D eigenvalue weighted by Crippen LogP contribution is -2.63. The molecule has 2 aromatic rings. The van der Waals surface area contributed by atoms with Crippen molar-refractivity contribution in [3.63, 3.8) is 0 Å². The summed E-state index contributed by atoms with van der Waals surface area (Å²) in [6.07, 6.45) is 0.525. The van der Waals surface area contributed by atoms with E-state index >= 15 is 0 Å². The quantitative estimate of drug-likeness (QED) is 0.527. The first-order valence-corrected chi connectivity index (χ1v) is 6.59. The van der Waals surface area contributed by atoms with Crippen LogP contribution < -0.4 is 5.84 Å². The third kappa shape index (κ3) is 1.42. The van der Waals surface area contributed by atoms with Gasteiger partial charge in [0.05, 0.1) is 6.54 Å². The molecule has 0 aliphatic carbocycles. The summed E-state index contributed by atoms with van der Waals surface area (Å²) in [5.74, 6) is 5.34. The van der Waals surface area contributed by atoms with Crippen molar-refractivity contribution in [1.82, 2.24) is 14.9 Å². The van der Waals surface area contributed by atoms with E-state index in [0.717, 1.165) is 27.2 Å². The molecule has 4 rings (SSSR count). The number of benzene rings is 1. The fourth-order valence-corrected chi connectivity index (χ4v) is 3.20. The van der Waals surface area contributed by atoms with Gasteiger partial charge in [0.25, 0.3) is 5.91 Å². The van der Waals surface area contributed by atoms with Gasteiger partial charge in [-0.2, -0.15) is 0 Å². The lowest BCUT2D eigenvalue weighted by molar-refractivity contribution is -0.157. The summed E-state index contributed by atoms with van der Waals surface area (Å²) in [5.41, 5.74) is 3.19. The third-order valence-electron chi connectivity index (χ3n) is 4.20. The van der Waals surface area contributed by atoms with Crippen LogP contribution in [0.25, 0.3) is 10.9 Å². The summed E-state index contributed by atoms with van der Waals surface area (Å²) < 4.78 is 0. The van der Waals surface area contributed by atoms with Gasteiger partial charge >= 0.3 is 0 Å². The fraction of sp³-hybridized carbons (Fsp3) is 0.286. The summed E-state index contributed by atoms with van der Waals surface area (Å²) in [6, 6.07) is 7.52. The summed E-state index contributed by atoms with van der Waals surface area (Å²) in [5, 5.41) is 2.15. The van der Waals surface area contributed by atoms with Crippen molar-refractivity contribution >= 4 is 22.7 Å². The molecule has 0 saturated carbocycles. The van der Waals surface area contributed by atoms with E-state index in [1.807, 2.05) is 24.3 Å². The van der Waals surface area contributed by atoms with Crippen LogP contribution in [-0.4, -0.2) is 39.3 Å². The number of nitrogens with zero attached hydrogens (tertiary/aromatic N) is 2. The van der Waals surface area contributed by atoms with Crippen LogP contribution in [-0.2, 0) is 22.6 Å².